The van der Waals surface area contributed by atoms with E-state index in [4.69, 9.17) is 10.5 Å². The van der Waals surface area contributed by atoms with Gasteiger partial charge in [-0.1, -0.05) is 62.7 Å². The molecule has 0 aliphatic carbocycles. The molecule has 0 spiro atoms. The van der Waals surface area contributed by atoms with Crippen LogP contribution in [0.1, 0.15) is 59.4 Å². The van der Waals surface area contributed by atoms with E-state index in [-0.39, 0.29) is 36.3 Å². The first-order valence-electron chi connectivity index (χ1n) is 15.4. The van der Waals surface area contributed by atoms with Crippen molar-refractivity contribution in [1.82, 2.24) is 14.9 Å². The third-order valence-corrected chi connectivity index (χ3v) is 9.11. The molecule has 5 N–H and O–H groups in total. The summed E-state index contributed by atoms with van der Waals surface area (Å²) >= 11 is 0. The molecule has 11 heteroatoms. The number of benzene rings is 3. The fourth-order valence-electron chi connectivity index (χ4n) is 5.01. The van der Waals surface area contributed by atoms with Crippen molar-refractivity contribution in [2.75, 3.05) is 25.4 Å². The van der Waals surface area contributed by atoms with Crippen LogP contribution >= 0.6 is 0 Å². The van der Waals surface area contributed by atoms with Crippen molar-refractivity contribution >= 4 is 38.5 Å². The van der Waals surface area contributed by atoms with E-state index < -0.39 is 33.8 Å². The highest BCUT2D eigenvalue weighted by Gasteiger charge is 2.31. The summed E-state index contributed by atoms with van der Waals surface area (Å²) in [5.74, 6) is -0.306. The minimum absolute atomic E-state index is 0.0407. The average Bonchev–Trinajstić information content (AvgIpc) is 2.96. The molecule has 2 atom stereocenters. The van der Waals surface area contributed by atoms with Crippen LogP contribution in [0.15, 0.2) is 71.6 Å². The van der Waals surface area contributed by atoms with E-state index in [9.17, 15) is 23.1 Å². The Morgan fingerprint density at radius 1 is 0.978 bits per heavy atom. The molecule has 0 fully saturated rings. The SMILES string of the molecule is CC(C)CN(C(CO)CCCCNC(=O)[C@H](Cc1ccc2ccccc2c1)NC(=O)OC(C)(C)C)S(=O)(=O)c1ccc(N)cc1. The molecule has 10 nitrogen and oxygen atoms in total. The molecule has 45 heavy (non-hydrogen) atoms. The lowest BCUT2D eigenvalue weighted by atomic mass is 10.0. The quantitative estimate of drug-likeness (QED) is 0.137. The normalized spacial score (nSPS) is 13.5. The van der Waals surface area contributed by atoms with Gasteiger partial charge in [0.2, 0.25) is 15.9 Å². The van der Waals surface area contributed by atoms with Crippen LogP contribution in [-0.2, 0) is 26.0 Å². The van der Waals surface area contributed by atoms with Gasteiger partial charge in [-0.25, -0.2) is 13.2 Å². The lowest BCUT2D eigenvalue weighted by Gasteiger charge is -2.31. The van der Waals surface area contributed by atoms with Gasteiger partial charge in [0, 0.05) is 31.2 Å². The van der Waals surface area contributed by atoms with E-state index in [2.05, 4.69) is 10.6 Å². The molecule has 2 amide bonds. The Morgan fingerprint density at radius 2 is 1.64 bits per heavy atom. The maximum atomic E-state index is 13.5. The van der Waals surface area contributed by atoms with E-state index in [0.29, 0.717) is 31.5 Å². The van der Waals surface area contributed by atoms with Crippen molar-refractivity contribution in [2.45, 2.75) is 82.9 Å². The summed E-state index contributed by atoms with van der Waals surface area (Å²) < 4.78 is 33.8. The van der Waals surface area contributed by atoms with Crippen molar-refractivity contribution in [3.63, 3.8) is 0 Å². The number of nitrogens with two attached hydrogens (primary N) is 1. The summed E-state index contributed by atoms with van der Waals surface area (Å²) in [6.45, 7) is 9.36. The molecule has 0 radical (unpaired) electrons. The molecule has 246 valence electrons. The van der Waals surface area contributed by atoms with Crippen LogP contribution in [0.4, 0.5) is 10.5 Å². The number of sulfonamides is 1. The van der Waals surface area contributed by atoms with Crippen LogP contribution in [0.2, 0.25) is 0 Å². The number of nitrogen functional groups attached to an aromatic ring is 1. The van der Waals surface area contributed by atoms with E-state index in [1.54, 1.807) is 32.9 Å². The first kappa shape index (κ1) is 35.8. The molecule has 3 aromatic rings. The first-order chi connectivity index (χ1) is 21.2. The second kappa shape index (κ2) is 16.1. The zero-order valence-electron chi connectivity index (χ0n) is 27.0. The second-order valence-electron chi connectivity index (χ2n) is 12.7. The molecule has 0 heterocycles. The zero-order chi connectivity index (χ0) is 33.2. The third kappa shape index (κ3) is 11.0. The molecule has 0 aromatic heterocycles. The number of fused-ring (bicyclic) bond motifs is 1. The second-order valence-corrected chi connectivity index (χ2v) is 14.6. The molecule has 0 saturated carbocycles. The number of anilines is 1. The fraction of sp³-hybridized carbons (Fsp3) is 0.471. The van der Waals surface area contributed by atoms with Gasteiger partial charge in [-0.3, -0.25) is 4.79 Å². The number of carbonyl (C=O) groups excluding carboxylic acids is 2. The van der Waals surface area contributed by atoms with Crippen LogP contribution in [0, 0.1) is 5.92 Å². The maximum Gasteiger partial charge on any atom is 0.408 e. The minimum Gasteiger partial charge on any atom is -0.444 e. The van der Waals surface area contributed by atoms with Gasteiger partial charge in [0.1, 0.15) is 11.6 Å². The summed E-state index contributed by atoms with van der Waals surface area (Å²) in [5.41, 5.74) is 6.38. The Morgan fingerprint density at radius 3 is 2.27 bits per heavy atom. The van der Waals surface area contributed by atoms with Gasteiger partial charge in [0.05, 0.1) is 11.5 Å². The third-order valence-electron chi connectivity index (χ3n) is 7.17. The van der Waals surface area contributed by atoms with Crippen LogP contribution in [0.5, 0.6) is 0 Å². The number of rotatable bonds is 15. The molecule has 0 aliphatic rings. The highest BCUT2D eigenvalue weighted by Crippen LogP contribution is 2.23. The number of unbranched alkanes of at least 4 members (excludes halogenated alkanes) is 1. The number of nitrogens with zero attached hydrogens (tertiary/aromatic N) is 1. The van der Waals surface area contributed by atoms with Crippen molar-refractivity contribution in [1.29, 1.82) is 0 Å². The maximum absolute atomic E-state index is 13.5. The summed E-state index contributed by atoms with van der Waals surface area (Å²) in [6, 6.07) is 18.4. The standard InChI is InChI=1S/C34H48N4O6S/c1-24(2)22-38(45(42,43)30-17-15-28(35)16-18-30)29(23-39)12-8-9-19-36-32(40)31(37-33(41)44-34(3,4)5)21-25-13-14-26-10-6-7-11-27(26)20-25/h6-7,10-11,13-18,20,24,29,31,39H,8-9,12,19,21-23,35H2,1-5H3,(H,36,40)(H,37,41)/t29?,31-/m0/s1. The van der Waals surface area contributed by atoms with Crippen molar-refractivity contribution < 1.29 is 27.9 Å². The first-order valence-corrected chi connectivity index (χ1v) is 16.9. The predicted octanol–water partition coefficient (Wildman–Crippen LogP) is 4.85. The van der Waals surface area contributed by atoms with E-state index in [0.717, 1.165) is 16.3 Å². The lowest BCUT2D eigenvalue weighted by molar-refractivity contribution is -0.123. The van der Waals surface area contributed by atoms with Crippen molar-refractivity contribution in [2.24, 2.45) is 5.92 Å². The lowest BCUT2D eigenvalue weighted by Crippen LogP contribution is -2.49. The van der Waals surface area contributed by atoms with Crippen LogP contribution in [0.3, 0.4) is 0 Å². The zero-order valence-corrected chi connectivity index (χ0v) is 27.8. The van der Waals surface area contributed by atoms with E-state index >= 15 is 0 Å². The molecule has 0 bridgehead atoms. The number of nitrogens with one attached hydrogen (secondary N) is 2. The Kier molecular flexibility index (Phi) is 12.8. The highest BCUT2D eigenvalue weighted by molar-refractivity contribution is 7.89. The van der Waals surface area contributed by atoms with Crippen LogP contribution in [-0.4, -0.2) is 67.2 Å². The van der Waals surface area contributed by atoms with Crippen molar-refractivity contribution in [3.05, 3.63) is 72.3 Å². The molecule has 1 unspecified atom stereocenters. The number of amides is 2. The number of hydrogen-bond donors (Lipinski definition) is 4. The van der Waals surface area contributed by atoms with Gasteiger partial charge in [-0.05, 0) is 80.1 Å². The summed E-state index contributed by atoms with van der Waals surface area (Å²) in [5, 5.41) is 17.9. The van der Waals surface area contributed by atoms with Gasteiger partial charge in [-0.15, -0.1) is 0 Å². The van der Waals surface area contributed by atoms with Crippen LogP contribution in [0.25, 0.3) is 10.8 Å². The van der Waals surface area contributed by atoms with Gasteiger partial charge in [0.25, 0.3) is 0 Å². The smallest absolute Gasteiger partial charge is 0.408 e. The topological polar surface area (TPSA) is 151 Å². The Balaban J connectivity index is 1.63. The average molecular weight is 641 g/mol. The molecular formula is C34H48N4O6S. The summed E-state index contributed by atoms with van der Waals surface area (Å²) in [6.07, 6.45) is 1.11. The number of aliphatic hydroxyl groups excluding tert-OH is 1. The molecule has 0 aliphatic heterocycles. The molecule has 0 saturated heterocycles. The van der Waals surface area contributed by atoms with Crippen molar-refractivity contribution in [3.8, 4) is 0 Å². The molecule has 3 aromatic carbocycles. The van der Waals surface area contributed by atoms with Gasteiger partial charge in [0.15, 0.2) is 0 Å². The number of alkyl carbamates (subject to hydrolysis) is 1. The fourth-order valence-corrected chi connectivity index (χ4v) is 6.81. The summed E-state index contributed by atoms with van der Waals surface area (Å²) in [4.78, 5) is 26.0. The molecule has 3 rings (SSSR count). The number of hydrogen-bond acceptors (Lipinski definition) is 7. The van der Waals surface area contributed by atoms with Gasteiger partial charge >= 0.3 is 6.09 Å². The number of carbonyl (C=O) groups is 2. The largest absolute Gasteiger partial charge is 0.444 e. The minimum atomic E-state index is -3.86. The number of ether oxygens (including phenoxy) is 1. The summed E-state index contributed by atoms with van der Waals surface area (Å²) in [7, 11) is -3.86. The Bertz CT molecular complexity index is 1520. The Labute approximate surface area is 267 Å². The monoisotopic (exact) mass is 640 g/mol. The predicted molar refractivity (Wildman–Crippen MR) is 178 cm³/mol. The highest BCUT2D eigenvalue weighted by atomic mass is 32.2. The Hall–Kier alpha value is -3.67. The van der Waals surface area contributed by atoms with E-state index in [1.165, 1.54) is 16.4 Å². The van der Waals surface area contributed by atoms with Crippen LogP contribution < -0.4 is 16.4 Å². The number of aliphatic hydroxyl groups is 1. The van der Waals surface area contributed by atoms with Gasteiger partial charge < -0.3 is 26.2 Å². The molecular weight excluding hydrogens is 592 g/mol. The van der Waals surface area contributed by atoms with E-state index in [1.807, 2.05) is 56.3 Å². The van der Waals surface area contributed by atoms with Gasteiger partial charge in [-0.2, -0.15) is 4.31 Å².